The minimum Gasteiger partial charge on any atom is -0.493 e. The molecule has 2 unspecified atom stereocenters. The minimum absolute atomic E-state index is 0.0675. The number of hydrogen-bond donors (Lipinski definition) is 0. The third kappa shape index (κ3) is 5.25. The Kier molecular flexibility index (Phi) is 8.18. The number of methoxy groups -OCH3 is 1. The number of pyridine rings is 1. The molecule has 0 spiro atoms. The summed E-state index contributed by atoms with van der Waals surface area (Å²) in [5, 5.41) is 2.96. The van der Waals surface area contributed by atoms with Crippen LogP contribution in [-0.2, 0) is 21.3 Å². The van der Waals surface area contributed by atoms with Crippen molar-refractivity contribution >= 4 is 27.7 Å². The van der Waals surface area contributed by atoms with Gasteiger partial charge in [0.05, 0.1) is 52.3 Å². The van der Waals surface area contributed by atoms with Crippen LogP contribution in [0, 0.1) is 17.7 Å². The predicted molar refractivity (Wildman–Crippen MR) is 121 cm³/mol. The van der Waals surface area contributed by atoms with Gasteiger partial charge in [-0.05, 0) is 25.1 Å². The number of carbonyl (C=O) groups excluding carboxylic acids is 1. The minimum atomic E-state index is -1.66. The van der Waals surface area contributed by atoms with Crippen molar-refractivity contribution < 1.29 is 18.5 Å². The van der Waals surface area contributed by atoms with Crippen LogP contribution in [0.5, 0.6) is 5.75 Å². The molecule has 3 rings (SSSR count). The van der Waals surface area contributed by atoms with Crippen LogP contribution in [0.15, 0.2) is 46.9 Å². The van der Waals surface area contributed by atoms with Crippen LogP contribution >= 0.6 is 0 Å². The molecule has 3 aromatic rings. The summed E-state index contributed by atoms with van der Waals surface area (Å²) >= 11 is 0. The standard InChI is InChI=1S/C22H26N4O5S/c1-15(13-24-28)21(27)26-19-8-5-4-7-17(19)25-22(26)32(29)14-18-16(2)20(9-10-23-18)31-12-6-11-30-3/h4-5,7-10,15H,6,11-14H2,1-3H3. The van der Waals surface area contributed by atoms with Gasteiger partial charge in [-0.3, -0.25) is 18.6 Å². The highest BCUT2D eigenvalue weighted by molar-refractivity contribution is 7.84. The van der Waals surface area contributed by atoms with E-state index in [1.54, 1.807) is 50.6 Å². The summed E-state index contributed by atoms with van der Waals surface area (Å²) < 4.78 is 25.5. The summed E-state index contributed by atoms with van der Waals surface area (Å²) in [4.78, 5) is 32.5. The van der Waals surface area contributed by atoms with Crippen LogP contribution in [0.2, 0.25) is 0 Å². The number of rotatable bonds is 11. The van der Waals surface area contributed by atoms with Crippen LogP contribution < -0.4 is 4.74 Å². The van der Waals surface area contributed by atoms with E-state index in [1.807, 2.05) is 6.92 Å². The van der Waals surface area contributed by atoms with Gasteiger partial charge in [-0.15, -0.1) is 0 Å². The van der Waals surface area contributed by atoms with E-state index in [2.05, 4.69) is 15.1 Å². The second-order valence-electron chi connectivity index (χ2n) is 7.33. The van der Waals surface area contributed by atoms with Gasteiger partial charge >= 0.3 is 0 Å². The number of aromatic nitrogens is 3. The van der Waals surface area contributed by atoms with E-state index in [1.165, 1.54) is 4.57 Å². The zero-order chi connectivity index (χ0) is 23.1. The van der Waals surface area contributed by atoms with E-state index >= 15 is 0 Å². The zero-order valence-electron chi connectivity index (χ0n) is 18.3. The van der Waals surface area contributed by atoms with Gasteiger partial charge in [-0.2, -0.15) is 4.91 Å². The van der Waals surface area contributed by atoms with Gasteiger partial charge in [-0.25, -0.2) is 4.98 Å². The lowest BCUT2D eigenvalue weighted by atomic mass is 10.1. The number of fused-ring (bicyclic) bond motifs is 1. The van der Waals surface area contributed by atoms with Crippen molar-refractivity contribution in [3.8, 4) is 5.75 Å². The van der Waals surface area contributed by atoms with Crippen LogP contribution in [0.1, 0.15) is 29.4 Å². The fourth-order valence-electron chi connectivity index (χ4n) is 3.21. The molecule has 0 radical (unpaired) electrons. The van der Waals surface area contributed by atoms with Crippen LogP contribution in [0.3, 0.4) is 0 Å². The Bertz CT molecular complexity index is 1130. The highest BCUT2D eigenvalue weighted by atomic mass is 32.2. The zero-order valence-corrected chi connectivity index (χ0v) is 19.1. The van der Waals surface area contributed by atoms with Gasteiger partial charge in [0.25, 0.3) is 0 Å². The SMILES string of the molecule is COCCCOc1ccnc(CS(=O)c2nc3ccccc3n2C(=O)C(C)CN=O)c1C. The molecular formula is C22H26N4O5S. The van der Waals surface area contributed by atoms with Crippen molar-refractivity contribution in [2.24, 2.45) is 11.1 Å². The summed E-state index contributed by atoms with van der Waals surface area (Å²) in [5.74, 6) is -0.303. The van der Waals surface area contributed by atoms with Crippen molar-refractivity contribution in [1.82, 2.24) is 14.5 Å². The van der Waals surface area contributed by atoms with E-state index < -0.39 is 16.7 Å². The number of benzene rings is 1. The van der Waals surface area contributed by atoms with Gasteiger partial charge in [0, 0.05) is 31.9 Å². The van der Waals surface area contributed by atoms with E-state index in [-0.39, 0.29) is 23.4 Å². The number of nitroso groups, excluding NO2 is 1. The van der Waals surface area contributed by atoms with E-state index in [9.17, 15) is 13.9 Å². The van der Waals surface area contributed by atoms with Crippen molar-refractivity contribution in [2.45, 2.75) is 31.2 Å². The monoisotopic (exact) mass is 458 g/mol. The van der Waals surface area contributed by atoms with Gasteiger partial charge in [0.1, 0.15) is 5.75 Å². The van der Waals surface area contributed by atoms with Crippen molar-refractivity contribution in [2.75, 3.05) is 26.9 Å². The summed E-state index contributed by atoms with van der Waals surface area (Å²) in [7, 11) is -0.0244. The fraction of sp³-hybridized carbons (Fsp3) is 0.409. The molecule has 10 heteroatoms. The molecule has 0 N–H and O–H groups in total. The smallest absolute Gasteiger partial charge is 0.238 e. The first kappa shape index (κ1) is 23.7. The number of nitrogens with zero attached hydrogens (tertiary/aromatic N) is 4. The third-order valence-corrected chi connectivity index (χ3v) is 6.22. The number of para-hydroxylation sites is 2. The summed E-state index contributed by atoms with van der Waals surface area (Å²) in [5.41, 5.74) is 2.47. The van der Waals surface area contributed by atoms with Crippen LogP contribution in [-0.4, -0.2) is 51.5 Å². The number of carbonyl (C=O) groups is 1. The summed E-state index contributed by atoms with van der Waals surface area (Å²) in [6.45, 7) is 4.40. The first-order valence-corrected chi connectivity index (χ1v) is 11.5. The first-order chi connectivity index (χ1) is 15.5. The van der Waals surface area contributed by atoms with E-state index in [4.69, 9.17) is 9.47 Å². The fourth-order valence-corrected chi connectivity index (χ4v) is 4.48. The molecule has 0 aliphatic carbocycles. The Hall–Kier alpha value is -2.98. The predicted octanol–water partition coefficient (Wildman–Crippen LogP) is 3.51. The highest BCUT2D eigenvalue weighted by Crippen LogP contribution is 2.25. The lowest BCUT2D eigenvalue weighted by molar-refractivity contribution is 0.0843. The van der Waals surface area contributed by atoms with Gasteiger partial charge in [0.15, 0.2) is 0 Å². The largest absolute Gasteiger partial charge is 0.493 e. The molecule has 2 heterocycles. The molecule has 1 aromatic carbocycles. The topological polar surface area (TPSA) is 113 Å². The van der Waals surface area contributed by atoms with Gasteiger partial charge in [0.2, 0.25) is 11.1 Å². The van der Waals surface area contributed by atoms with Crippen molar-refractivity contribution in [1.29, 1.82) is 0 Å². The Labute approximate surface area is 188 Å². The highest BCUT2D eigenvalue weighted by Gasteiger charge is 2.25. The Morgan fingerprint density at radius 3 is 2.78 bits per heavy atom. The maximum atomic E-state index is 13.3. The maximum Gasteiger partial charge on any atom is 0.238 e. The summed E-state index contributed by atoms with van der Waals surface area (Å²) in [6.07, 6.45) is 2.36. The molecule has 0 aliphatic heterocycles. The van der Waals surface area contributed by atoms with Crippen molar-refractivity contribution in [3.05, 3.63) is 52.7 Å². The van der Waals surface area contributed by atoms with E-state index in [0.717, 1.165) is 12.0 Å². The van der Waals surface area contributed by atoms with Crippen molar-refractivity contribution in [3.63, 3.8) is 0 Å². The first-order valence-electron chi connectivity index (χ1n) is 10.2. The molecule has 2 aromatic heterocycles. The number of hydrogen-bond acceptors (Lipinski definition) is 8. The quantitative estimate of drug-likeness (QED) is 0.319. The lowest BCUT2D eigenvalue weighted by Gasteiger charge is -2.13. The third-order valence-electron chi connectivity index (χ3n) is 5.00. The summed E-state index contributed by atoms with van der Waals surface area (Å²) in [6, 6.07) is 8.82. The van der Waals surface area contributed by atoms with Crippen LogP contribution in [0.25, 0.3) is 11.0 Å². The average molecular weight is 459 g/mol. The average Bonchev–Trinajstić information content (AvgIpc) is 3.18. The molecule has 0 amide bonds. The molecule has 0 aliphatic rings. The molecular weight excluding hydrogens is 432 g/mol. The molecule has 170 valence electrons. The van der Waals surface area contributed by atoms with E-state index in [0.29, 0.717) is 35.7 Å². The Morgan fingerprint density at radius 1 is 1.25 bits per heavy atom. The molecule has 0 bridgehead atoms. The second kappa shape index (κ2) is 11.1. The Balaban J connectivity index is 1.90. The number of ether oxygens (including phenoxy) is 2. The van der Waals surface area contributed by atoms with Gasteiger partial charge < -0.3 is 9.47 Å². The number of imidazole rings is 1. The van der Waals surface area contributed by atoms with Crippen LogP contribution in [0.4, 0.5) is 0 Å². The molecule has 9 nitrogen and oxygen atoms in total. The molecule has 2 atom stereocenters. The van der Waals surface area contributed by atoms with Gasteiger partial charge in [-0.1, -0.05) is 24.2 Å². The Morgan fingerprint density at radius 2 is 2.03 bits per heavy atom. The molecule has 0 saturated heterocycles. The molecule has 0 fully saturated rings. The second-order valence-corrected chi connectivity index (χ2v) is 8.68. The normalized spacial score (nSPS) is 13.1. The lowest BCUT2D eigenvalue weighted by Crippen LogP contribution is -2.24. The molecule has 32 heavy (non-hydrogen) atoms. The molecule has 0 saturated carbocycles. The maximum absolute atomic E-state index is 13.3.